The van der Waals surface area contributed by atoms with Gasteiger partial charge in [0.15, 0.2) is 5.13 Å². The molecule has 0 aliphatic carbocycles. The van der Waals surface area contributed by atoms with E-state index in [-0.39, 0.29) is 11.9 Å². The highest BCUT2D eigenvalue weighted by atomic mass is 32.1. The second-order valence-electron chi connectivity index (χ2n) is 4.42. The molecule has 2 heterocycles. The smallest absolute Gasteiger partial charge is 0.265 e. The second kappa shape index (κ2) is 6.21. The second-order valence-corrected chi connectivity index (χ2v) is 5.39. The van der Waals surface area contributed by atoms with Crippen LogP contribution in [0.1, 0.15) is 29.9 Å². The summed E-state index contributed by atoms with van der Waals surface area (Å²) in [6.07, 6.45) is 0.855. The molecule has 1 aromatic rings. The number of nitrogens with two attached hydrogens (primary N) is 1. The Morgan fingerprint density at radius 1 is 1.58 bits per heavy atom. The normalized spacial score (nSPS) is 18.5. The minimum absolute atomic E-state index is 0.0888. The van der Waals surface area contributed by atoms with Crippen LogP contribution in [-0.4, -0.2) is 43.2 Å². The summed E-state index contributed by atoms with van der Waals surface area (Å²) in [5.74, 6) is 0.159. The molecule has 0 radical (unpaired) electrons. The number of nitrogens with one attached hydrogen (secondary N) is 1. The predicted molar refractivity (Wildman–Crippen MR) is 76.8 cm³/mol. The Balaban J connectivity index is 2.08. The molecule has 1 amide bonds. The summed E-state index contributed by atoms with van der Waals surface area (Å²) in [4.78, 5) is 19.0. The molecule has 1 aliphatic rings. The van der Waals surface area contributed by atoms with Gasteiger partial charge in [0.25, 0.3) is 5.91 Å². The average molecular weight is 284 g/mol. The van der Waals surface area contributed by atoms with Gasteiger partial charge in [0.1, 0.15) is 10.7 Å². The van der Waals surface area contributed by atoms with E-state index in [0.29, 0.717) is 23.9 Å². The van der Waals surface area contributed by atoms with Crippen molar-refractivity contribution in [1.82, 2.24) is 10.3 Å². The van der Waals surface area contributed by atoms with Crippen LogP contribution in [0.5, 0.6) is 0 Å². The monoisotopic (exact) mass is 284 g/mol. The highest BCUT2D eigenvalue weighted by molar-refractivity contribution is 7.18. The van der Waals surface area contributed by atoms with E-state index in [9.17, 15) is 4.79 Å². The van der Waals surface area contributed by atoms with Crippen molar-refractivity contribution in [2.24, 2.45) is 0 Å². The van der Waals surface area contributed by atoms with Gasteiger partial charge in [-0.2, -0.15) is 0 Å². The molecule has 0 bridgehead atoms. The van der Waals surface area contributed by atoms with Gasteiger partial charge in [0.2, 0.25) is 0 Å². The van der Waals surface area contributed by atoms with Gasteiger partial charge in [0, 0.05) is 19.7 Å². The number of carbonyl (C=O) groups is 1. The Morgan fingerprint density at radius 3 is 2.89 bits per heavy atom. The topological polar surface area (TPSA) is 80.5 Å². The number of rotatable bonds is 5. The summed E-state index contributed by atoms with van der Waals surface area (Å²) in [7, 11) is 0. The zero-order chi connectivity index (χ0) is 13.8. The van der Waals surface area contributed by atoms with Crippen LogP contribution in [0.3, 0.4) is 0 Å². The molecule has 1 saturated heterocycles. The lowest BCUT2D eigenvalue weighted by atomic mass is 10.2. The van der Waals surface area contributed by atoms with Gasteiger partial charge in [-0.15, -0.1) is 0 Å². The number of aromatic nitrogens is 1. The number of carbonyl (C=O) groups excluding carboxylic acids is 1. The zero-order valence-electron chi connectivity index (χ0n) is 11.3. The number of amides is 1. The molecule has 19 heavy (non-hydrogen) atoms. The largest absolute Gasteiger partial charge is 0.382 e. The third-order valence-corrected chi connectivity index (χ3v) is 4.28. The molecule has 2 rings (SSSR count). The lowest BCUT2D eigenvalue weighted by Crippen LogP contribution is -2.34. The number of hydrogen-bond donors (Lipinski definition) is 2. The van der Waals surface area contributed by atoms with Crippen LogP contribution in [0.4, 0.5) is 10.9 Å². The summed E-state index contributed by atoms with van der Waals surface area (Å²) < 4.78 is 5.24. The van der Waals surface area contributed by atoms with Gasteiger partial charge in [-0.1, -0.05) is 11.3 Å². The third kappa shape index (κ3) is 3.16. The van der Waals surface area contributed by atoms with Gasteiger partial charge in [0.05, 0.1) is 12.6 Å². The van der Waals surface area contributed by atoms with Crippen LogP contribution in [-0.2, 0) is 4.74 Å². The Bertz CT molecular complexity index is 439. The fraction of sp³-hybridized carbons (Fsp3) is 0.667. The maximum atomic E-state index is 12.1. The fourth-order valence-corrected chi connectivity index (χ4v) is 3.03. The number of ether oxygens (including phenoxy) is 1. The van der Waals surface area contributed by atoms with Crippen molar-refractivity contribution in [3.63, 3.8) is 0 Å². The lowest BCUT2D eigenvalue weighted by Gasteiger charge is -2.16. The van der Waals surface area contributed by atoms with E-state index in [2.05, 4.69) is 29.0 Å². The van der Waals surface area contributed by atoms with Crippen LogP contribution < -0.4 is 16.0 Å². The van der Waals surface area contributed by atoms with Gasteiger partial charge in [-0.3, -0.25) is 4.79 Å². The quantitative estimate of drug-likeness (QED) is 0.846. The molecule has 1 aromatic heterocycles. The number of hydrogen-bond acceptors (Lipinski definition) is 6. The number of nitrogens with zero attached hydrogens (tertiary/aromatic N) is 2. The summed E-state index contributed by atoms with van der Waals surface area (Å²) in [5.41, 5.74) is 5.84. The van der Waals surface area contributed by atoms with Crippen molar-refractivity contribution in [1.29, 1.82) is 0 Å². The minimum atomic E-state index is -0.149. The van der Waals surface area contributed by atoms with E-state index in [1.165, 1.54) is 11.3 Å². The molecule has 106 valence electrons. The fourth-order valence-electron chi connectivity index (χ4n) is 2.01. The third-order valence-electron chi connectivity index (χ3n) is 3.15. The molecule has 0 saturated carbocycles. The minimum Gasteiger partial charge on any atom is -0.382 e. The van der Waals surface area contributed by atoms with Crippen molar-refractivity contribution >= 4 is 28.2 Å². The zero-order valence-corrected chi connectivity index (χ0v) is 12.1. The van der Waals surface area contributed by atoms with Gasteiger partial charge >= 0.3 is 0 Å². The Kier molecular flexibility index (Phi) is 4.60. The van der Waals surface area contributed by atoms with Crippen molar-refractivity contribution in [3.05, 3.63) is 4.88 Å². The molecule has 7 heteroatoms. The number of nitrogen functional groups attached to an aromatic ring is 1. The maximum absolute atomic E-state index is 12.1. The first-order valence-corrected chi connectivity index (χ1v) is 7.37. The lowest BCUT2D eigenvalue weighted by molar-refractivity contribution is 0.0934. The van der Waals surface area contributed by atoms with Crippen LogP contribution in [0.25, 0.3) is 0 Å². The van der Waals surface area contributed by atoms with E-state index in [0.717, 1.165) is 24.6 Å². The molecular weight excluding hydrogens is 264 g/mol. The van der Waals surface area contributed by atoms with Crippen LogP contribution in [0.15, 0.2) is 0 Å². The Hall–Kier alpha value is -1.34. The van der Waals surface area contributed by atoms with E-state index >= 15 is 0 Å². The first kappa shape index (κ1) is 14.1. The van der Waals surface area contributed by atoms with Crippen molar-refractivity contribution < 1.29 is 9.53 Å². The molecule has 1 fully saturated rings. The Labute approximate surface area is 116 Å². The van der Waals surface area contributed by atoms with E-state index in [4.69, 9.17) is 10.5 Å². The van der Waals surface area contributed by atoms with Crippen LogP contribution in [0.2, 0.25) is 0 Å². The molecule has 0 aromatic carbocycles. The van der Waals surface area contributed by atoms with E-state index in [1.807, 2.05) is 0 Å². The van der Waals surface area contributed by atoms with Crippen molar-refractivity contribution in [2.45, 2.75) is 26.3 Å². The average Bonchev–Trinajstić information content (AvgIpc) is 3.01. The molecule has 6 nitrogen and oxygen atoms in total. The van der Waals surface area contributed by atoms with E-state index in [1.54, 1.807) is 0 Å². The highest BCUT2D eigenvalue weighted by Crippen LogP contribution is 2.28. The summed E-state index contributed by atoms with van der Waals surface area (Å²) in [6, 6.07) is 0.0888. The first-order valence-electron chi connectivity index (χ1n) is 6.55. The van der Waals surface area contributed by atoms with Gasteiger partial charge < -0.3 is 20.7 Å². The summed E-state index contributed by atoms with van der Waals surface area (Å²) in [6.45, 7) is 7.08. The van der Waals surface area contributed by atoms with Gasteiger partial charge in [-0.05, 0) is 20.3 Å². The maximum Gasteiger partial charge on any atom is 0.265 e. The number of anilines is 2. The summed E-state index contributed by atoms with van der Waals surface area (Å²) in [5, 5.41) is 3.73. The first-order chi connectivity index (χ1) is 9.15. The van der Waals surface area contributed by atoms with E-state index < -0.39 is 0 Å². The molecule has 1 unspecified atom stereocenters. The highest BCUT2D eigenvalue weighted by Gasteiger charge is 2.23. The number of thiazole rings is 1. The predicted octanol–water partition coefficient (Wildman–Crippen LogP) is 1.09. The molecule has 1 aliphatic heterocycles. The molecule has 1 atom stereocenters. The standard InChI is InChI=1S/C12H20N4O2S/c1-3-16(4-2)12-15-10(13)9(19-12)11(17)14-8-5-6-18-7-8/h8H,3-7,13H2,1-2H3,(H,14,17). The molecule has 3 N–H and O–H groups in total. The van der Waals surface area contributed by atoms with Gasteiger partial charge in [-0.25, -0.2) is 4.98 Å². The molecule has 0 spiro atoms. The van der Waals surface area contributed by atoms with Crippen LogP contribution in [0, 0.1) is 0 Å². The summed E-state index contributed by atoms with van der Waals surface area (Å²) >= 11 is 1.35. The van der Waals surface area contributed by atoms with Crippen molar-refractivity contribution in [3.8, 4) is 0 Å². The Morgan fingerprint density at radius 2 is 2.32 bits per heavy atom. The SMILES string of the molecule is CCN(CC)c1nc(N)c(C(=O)NC2CCOC2)s1. The molecular formula is C12H20N4O2S. The van der Waals surface area contributed by atoms with Crippen LogP contribution >= 0.6 is 11.3 Å². The van der Waals surface area contributed by atoms with Crippen molar-refractivity contribution in [2.75, 3.05) is 36.9 Å².